The molecule has 2 amide bonds. The molecule has 6 heteroatoms. The van der Waals surface area contributed by atoms with Gasteiger partial charge in [-0.1, -0.05) is 6.42 Å². The van der Waals surface area contributed by atoms with Crippen LogP contribution in [0.2, 0.25) is 0 Å². The molecule has 3 atom stereocenters. The van der Waals surface area contributed by atoms with Crippen LogP contribution in [-0.4, -0.2) is 34.6 Å². The van der Waals surface area contributed by atoms with Gasteiger partial charge in [-0.25, -0.2) is 9.59 Å². The Morgan fingerprint density at radius 1 is 1.45 bits per heavy atom. The number of rotatable bonds is 3. The Kier molecular flexibility index (Phi) is 3.38. The number of fused-ring (bicyclic) bond motifs is 1. The van der Waals surface area contributed by atoms with Crippen molar-refractivity contribution in [2.75, 3.05) is 6.54 Å². The van der Waals surface area contributed by atoms with Gasteiger partial charge in [-0.2, -0.15) is 0 Å². The topological polar surface area (TPSA) is 82.8 Å². The summed E-state index contributed by atoms with van der Waals surface area (Å²) in [7, 11) is 0. The first-order chi connectivity index (χ1) is 9.66. The summed E-state index contributed by atoms with van der Waals surface area (Å²) >= 11 is 0. The van der Waals surface area contributed by atoms with Crippen LogP contribution < -0.4 is 5.32 Å². The zero-order valence-corrected chi connectivity index (χ0v) is 11.1. The molecule has 20 heavy (non-hydrogen) atoms. The van der Waals surface area contributed by atoms with Gasteiger partial charge in [0.2, 0.25) is 0 Å². The van der Waals surface area contributed by atoms with Gasteiger partial charge in [-0.05, 0) is 36.8 Å². The number of likely N-dealkylation sites (tertiary alicyclic amines) is 1. The Morgan fingerprint density at radius 2 is 2.30 bits per heavy atom. The van der Waals surface area contributed by atoms with E-state index >= 15 is 0 Å². The molecule has 2 heterocycles. The minimum atomic E-state index is -0.896. The fourth-order valence-electron chi connectivity index (χ4n) is 3.51. The number of aliphatic carboxylic acids is 1. The molecule has 1 saturated heterocycles. The van der Waals surface area contributed by atoms with Crippen molar-refractivity contribution in [2.45, 2.75) is 31.8 Å². The summed E-state index contributed by atoms with van der Waals surface area (Å²) in [5.74, 6) is 0.212. The molecule has 2 fully saturated rings. The smallest absolute Gasteiger partial charge is 0.326 e. The fraction of sp³-hybridized carbons (Fsp3) is 0.571. The number of carboxylic acids is 1. The highest BCUT2D eigenvalue weighted by atomic mass is 16.4. The van der Waals surface area contributed by atoms with E-state index in [-0.39, 0.29) is 18.5 Å². The molecule has 3 rings (SSSR count). The van der Waals surface area contributed by atoms with Crippen molar-refractivity contribution >= 4 is 12.0 Å². The van der Waals surface area contributed by atoms with Crippen molar-refractivity contribution in [1.29, 1.82) is 0 Å². The van der Waals surface area contributed by atoms with E-state index in [1.807, 2.05) is 0 Å². The summed E-state index contributed by atoms with van der Waals surface area (Å²) in [6, 6.07) is 2.53. The first kappa shape index (κ1) is 13.0. The maximum Gasteiger partial charge on any atom is 0.326 e. The van der Waals surface area contributed by atoms with E-state index in [2.05, 4.69) is 5.32 Å². The summed E-state index contributed by atoms with van der Waals surface area (Å²) in [4.78, 5) is 25.1. The van der Waals surface area contributed by atoms with Gasteiger partial charge < -0.3 is 19.7 Å². The Labute approximate surface area is 116 Å². The summed E-state index contributed by atoms with van der Waals surface area (Å²) in [6.45, 7) is 0.829. The van der Waals surface area contributed by atoms with Crippen molar-refractivity contribution < 1.29 is 19.1 Å². The average Bonchev–Trinajstić information content (AvgIpc) is 3.10. The normalized spacial score (nSPS) is 28.4. The van der Waals surface area contributed by atoms with E-state index in [1.165, 1.54) is 4.90 Å². The second-order valence-corrected chi connectivity index (χ2v) is 5.53. The standard InChI is InChI=1S/C14H18N2O4/c17-13(18)12-11-5-1-3-9(11)8-16(12)14(19)15-7-10-4-2-6-20-10/h2,4,6,9,11-12H,1,3,5,7-8H2,(H,15,19)(H,17,18). The number of nitrogens with zero attached hydrogens (tertiary/aromatic N) is 1. The second kappa shape index (κ2) is 5.19. The van der Waals surface area contributed by atoms with E-state index < -0.39 is 12.0 Å². The highest BCUT2D eigenvalue weighted by Crippen LogP contribution is 2.42. The summed E-state index contributed by atoms with van der Waals surface area (Å²) in [6.07, 6.45) is 4.54. The SMILES string of the molecule is O=C(O)C1C2CCCC2CN1C(=O)NCc1ccco1. The van der Waals surface area contributed by atoms with E-state index in [1.54, 1.807) is 18.4 Å². The average molecular weight is 278 g/mol. The van der Waals surface area contributed by atoms with Crippen LogP contribution in [0.3, 0.4) is 0 Å². The molecule has 1 aliphatic carbocycles. The molecule has 0 aromatic carbocycles. The number of urea groups is 1. The molecule has 3 unspecified atom stereocenters. The zero-order chi connectivity index (χ0) is 14.1. The predicted molar refractivity (Wildman–Crippen MR) is 69.9 cm³/mol. The first-order valence-electron chi connectivity index (χ1n) is 6.96. The first-order valence-corrected chi connectivity index (χ1v) is 6.96. The summed E-state index contributed by atoms with van der Waals surface area (Å²) < 4.78 is 5.15. The molecule has 1 aromatic rings. The third-order valence-electron chi connectivity index (χ3n) is 4.40. The van der Waals surface area contributed by atoms with Gasteiger partial charge in [0.1, 0.15) is 11.8 Å². The molecular formula is C14H18N2O4. The van der Waals surface area contributed by atoms with E-state index in [0.29, 0.717) is 18.2 Å². The van der Waals surface area contributed by atoms with Crippen molar-refractivity contribution in [1.82, 2.24) is 10.2 Å². The molecule has 6 nitrogen and oxygen atoms in total. The van der Waals surface area contributed by atoms with Crippen molar-refractivity contribution in [3.05, 3.63) is 24.2 Å². The van der Waals surface area contributed by atoms with Gasteiger partial charge in [-0.3, -0.25) is 0 Å². The number of carboxylic acid groups (broad SMARTS) is 1. The minimum absolute atomic E-state index is 0.113. The molecular weight excluding hydrogens is 260 g/mol. The van der Waals surface area contributed by atoms with Crippen LogP contribution >= 0.6 is 0 Å². The van der Waals surface area contributed by atoms with Crippen LogP contribution in [0.1, 0.15) is 25.0 Å². The number of carbonyl (C=O) groups is 2. The van der Waals surface area contributed by atoms with Crippen LogP contribution in [0.5, 0.6) is 0 Å². The minimum Gasteiger partial charge on any atom is -0.480 e. The summed E-state index contributed by atoms with van der Waals surface area (Å²) in [5.41, 5.74) is 0. The molecule has 0 bridgehead atoms. The highest BCUT2D eigenvalue weighted by Gasteiger charge is 2.49. The Balaban J connectivity index is 1.65. The molecule has 1 saturated carbocycles. The monoisotopic (exact) mass is 278 g/mol. The summed E-state index contributed by atoms with van der Waals surface area (Å²) in [5, 5.41) is 12.1. The Bertz CT molecular complexity index is 499. The van der Waals surface area contributed by atoms with E-state index in [9.17, 15) is 14.7 Å². The van der Waals surface area contributed by atoms with E-state index in [4.69, 9.17) is 4.42 Å². The molecule has 2 N–H and O–H groups in total. The van der Waals surface area contributed by atoms with Crippen LogP contribution in [0, 0.1) is 11.8 Å². The lowest BCUT2D eigenvalue weighted by molar-refractivity contribution is -0.142. The van der Waals surface area contributed by atoms with Gasteiger partial charge in [0, 0.05) is 6.54 Å². The predicted octanol–water partition coefficient (Wildman–Crippen LogP) is 1.67. The lowest BCUT2D eigenvalue weighted by Crippen LogP contribution is -2.47. The Hall–Kier alpha value is -1.98. The number of nitrogens with one attached hydrogen (secondary N) is 1. The fourth-order valence-corrected chi connectivity index (χ4v) is 3.51. The van der Waals surface area contributed by atoms with Gasteiger partial charge in [-0.15, -0.1) is 0 Å². The Morgan fingerprint density at radius 3 is 3.00 bits per heavy atom. The number of hydrogen-bond donors (Lipinski definition) is 2. The number of carbonyl (C=O) groups excluding carboxylic acids is 1. The largest absolute Gasteiger partial charge is 0.480 e. The molecule has 1 aromatic heterocycles. The second-order valence-electron chi connectivity index (χ2n) is 5.53. The maximum atomic E-state index is 12.2. The van der Waals surface area contributed by atoms with Gasteiger partial charge in [0.15, 0.2) is 0 Å². The zero-order valence-electron chi connectivity index (χ0n) is 11.1. The van der Waals surface area contributed by atoms with Gasteiger partial charge in [0.05, 0.1) is 12.8 Å². The molecule has 0 spiro atoms. The van der Waals surface area contributed by atoms with Crippen molar-refractivity contribution in [3.8, 4) is 0 Å². The van der Waals surface area contributed by atoms with Crippen LogP contribution in [0.15, 0.2) is 22.8 Å². The molecule has 2 aliphatic rings. The molecule has 0 radical (unpaired) electrons. The molecule has 108 valence electrons. The third kappa shape index (κ3) is 2.26. The van der Waals surface area contributed by atoms with Crippen molar-refractivity contribution in [2.24, 2.45) is 11.8 Å². The number of amides is 2. The van der Waals surface area contributed by atoms with Crippen LogP contribution in [0.25, 0.3) is 0 Å². The maximum absolute atomic E-state index is 12.2. The lowest BCUT2D eigenvalue weighted by Gasteiger charge is -2.24. The quantitative estimate of drug-likeness (QED) is 0.881. The third-order valence-corrected chi connectivity index (χ3v) is 4.40. The van der Waals surface area contributed by atoms with Crippen LogP contribution in [0.4, 0.5) is 4.79 Å². The van der Waals surface area contributed by atoms with Crippen molar-refractivity contribution in [3.63, 3.8) is 0 Å². The highest BCUT2D eigenvalue weighted by molar-refractivity contribution is 5.83. The van der Waals surface area contributed by atoms with Crippen LogP contribution in [-0.2, 0) is 11.3 Å². The van der Waals surface area contributed by atoms with Gasteiger partial charge >= 0.3 is 12.0 Å². The number of hydrogen-bond acceptors (Lipinski definition) is 3. The van der Waals surface area contributed by atoms with Gasteiger partial charge in [0.25, 0.3) is 0 Å². The lowest BCUT2D eigenvalue weighted by atomic mass is 9.94. The molecule has 1 aliphatic heterocycles. The van der Waals surface area contributed by atoms with E-state index in [0.717, 1.165) is 19.3 Å². The number of furan rings is 1.